The molecule has 4 atom stereocenters. The average Bonchev–Trinajstić information content (AvgIpc) is 2.79. The van der Waals surface area contributed by atoms with Crippen molar-refractivity contribution in [1.82, 2.24) is 5.06 Å². The van der Waals surface area contributed by atoms with Gasteiger partial charge in [0.1, 0.15) is 12.2 Å². The summed E-state index contributed by atoms with van der Waals surface area (Å²) in [6.45, 7) is 15.5. The number of hydroxylamine groups is 2. The van der Waals surface area contributed by atoms with Crippen LogP contribution >= 0.6 is 0 Å². The summed E-state index contributed by atoms with van der Waals surface area (Å²) in [7, 11) is 0. The lowest BCUT2D eigenvalue weighted by molar-refractivity contribution is -0.327. The van der Waals surface area contributed by atoms with Gasteiger partial charge < -0.3 is 4.74 Å². The number of hydrogen-bond donors (Lipinski definition) is 0. The van der Waals surface area contributed by atoms with E-state index in [1.54, 1.807) is 0 Å². The third kappa shape index (κ3) is 6.14. The van der Waals surface area contributed by atoms with E-state index in [4.69, 9.17) is 9.57 Å². The second-order valence-corrected chi connectivity index (χ2v) is 10.3. The Morgan fingerprint density at radius 1 is 1.06 bits per heavy atom. The smallest absolute Gasteiger partial charge is 0.306 e. The lowest BCUT2D eigenvalue weighted by Gasteiger charge is -2.60. The van der Waals surface area contributed by atoms with Gasteiger partial charge in [-0.05, 0) is 38.7 Å². The van der Waals surface area contributed by atoms with Crippen molar-refractivity contribution in [3.8, 4) is 0 Å². The van der Waals surface area contributed by atoms with Gasteiger partial charge >= 0.3 is 5.97 Å². The molecule has 0 radical (unpaired) electrons. The second-order valence-electron chi connectivity index (χ2n) is 10.3. The predicted molar refractivity (Wildman–Crippen MR) is 132 cm³/mol. The fourth-order valence-corrected chi connectivity index (χ4v) is 5.06. The molecule has 0 saturated carbocycles. The van der Waals surface area contributed by atoms with Crippen LogP contribution < -0.4 is 0 Å². The van der Waals surface area contributed by atoms with E-state index < -0.39 is 0 Å². The number of rotatable bonds is 12. The standard InChI is InChI=1S/C28H47NO3/c1-8-11-12-13-17-20-26(30)31-25-21-24(9-2)29(28(7,10-3)27(25,5)6)32-22(4)23-18-15-14-16-19-23/h14-16,18-19,22,24-25H,8-13,17,20-21H2,1-7H3. The van der Waals surface area contributed by atoms with Crippen molar-refractivity contribution in [3.63, 3.8) is 0 Å². The van der Waals surface area contributed by atoms with Crippen molar-refractivity contribution >= 4 is 5.97 Å². The maximum Gasteiger partial charge on any atom is 0.306 e. The Labute approximate surface area is 197 Å². The van der Waals surface area contributed by atoms with E-state index in [9.17, 15) is 4.79 Å². The molecule has 1 fully saturated rings. The molecule has 0 N–H and O–H groups in total. The number of esters is 1. The van der Waals surface area contributed by atoms with Gasteiger partial charge in [-0.1, -0.05) is 90.6 Å². The Morgan fingerprint density at radius 3 is 2.31 bits per heavy atom. The van der Waals surface area contributed by atoms with Crippen molar-refractivity contribution in [1.29, 1.82) is 0 Å². The van der Waals surface area contributed by atoms with Gasteiger partial charge in [-0.2, -0.15) is 5.06 Å². The lowest BCUT2D eigenvalue weighted by atomic mass is 9.63. The van der Waals surface area contributed by atoms with Crippen LogP contribution in [0.4, 0.5) is 0 Å². The highest BCUT2D eigenvalue weighted by atomic mass is 16.7. The fraction of sp³-hybridized carbons (Fsp3) is 0.750. The second kappa shape index (κ2) is 12.2. The fourth-order valence-electron chi connectivity index (χ4n) is 5.06. The number of carbonyl (C=O) groups is 1. The Hall–Kier alpha value is -1.39. The number of carbonyl (C=O) groups excluding carboxylic acids is 1. The largest absolute Gasteiger partial charge is 0.462 e. The third-order valence-corrected chi connectivity index (χ3v) is 7.96. The summed E-state index contributed by atoms with van der Waals surface area (Å²) in [4.78, 5) is 19.4. The zero-order valence-electron chi connectivity index (χ0n) is 21.7. The molecule has 1 aromatic rings. The first-order chi connectivity index (χ1) is 15.2. The molecule has 2 rings (SSSR count). The summed E-state index contributed by atoms with van der Waals surface area (Å²) in [6, 6.07) is 10.6. The molecule has 1 saturated heterocycles. The van der Waals surface area contributed by atoms with Crippen LogP contribution in [-0.2, 0) is 14.4 Å². The first-order valence-electron chi connectivity index (χ1n) is 12.9. The van der Waals surface area contributed by atoms with Crippen molar-refractivity contribution < 1.29 is 14.4 Å². The van der Waals surface area contributed by atoms with Crippen molar-refractivity contribution in [2.24, 2.45) is 5.41 Å². The molecule has 0 aliphatic carbocycles. The molecule has 4 unspecified atom stereocenters. The minimum atomic E-state index is -0.249. The predicted octanol–water partition coefficient (Wildman–Crippen LogP) is 7.63. The summed E-state index contributed by atoms with van der Waals surface area (Å²) >= 11 is 0. The van der Waals surface area contributed by atoms with E-state index in [0.717, 1.165) is 32.1 Å². The Morgan fingerprint density at radius 2 is 1.72 bits per heavy atom. The molecule has 1 aliphatic heterocycles. The van der Waals surface area contributed by atoms with Crippen molar-refractivity contribution in [3.05, 3.63) is 35.9 Å². The van der Waals surface area contributed by atoms with Crippen molar-refractivity contribution in [2.75, 3.05) is 0 Å². The van der Waals surface area contributed by atoms with Gasteiger partial charge in [0.2, 0.25) is 0 Å². The molecule has 1 aromatic carbocycles. The maximum atomic E-state index is 12.7. The van der Waals surface area contributed by atoms with Gasteiger partial charge in [-0.3, -0.25) is 9.63 Å². The topological polar surface area (TPSA) is 38.8 Å². The van der Waals surface area contributed by atoms with Crippen LogP contribution in [0.2, 0.25) is 0 Å². The normalized spacial score (nSPS) is 26.6. The third-order valence-electron chi connectivity index (χ3n) is 7.96. The molecule has 1 heterocycles. The molecule has 182 valence electrons. The first-order valence-corrected chi connectivity index (χ1v) is 12.9. The molecule has 1 aliphatic rings. The minimum absolute atomic E-state index is 0.0332. The lowest BCUT2D eigenvalue weighted by Crippen LogP contribution is -2.68. The van der Waals surface area contributed by atoms with Crippen LogP contribution in [0.1, 0.15) is 118 Å². The molecule has 0 aromatic heterocycles. The van der Waals surface area contributed by atoms with Crippen molar-refractivity contribution in [2.45, 2.75) is 130 Å². The molecule has 4 nitrogen and oxygen atoms in total. The quantitative estimate of drug-likeness (QED) is 0.245. The zero-order valence-corrected chi connectivity index (χ0v) is 21.7. The maximum absolute atomic E-state index is 12.7. The van der Waals surface area contributed by atoms with Gasteiger partial charge in [-0.25, -0.2) is 0 Å². The first kappa shape index (κ1) is 26.9. The number of benzene rings is 1. The van der Waals surface area contributed by atoms with E-state index in [-0.39, 0.29) is 35.2 Å². The molecule has 4 heteroatoms. The van der Waals surface area contributed by atoms with Crippen LogP contribution in [0.25, 0.3) is 0 Å². The van der Waals surface area contributed by atoms with Crippen LogP contribution in [0.15, 0.2) is 30.3 Å². The molecule has 0 spiro atoms. The molecule has 0 bridgehead atoms. The molecular weight excluding hydrogens is 398 g/mol. The highest BCUT2D eigenvalue weighted by molar-refractivity contribution is 5.69. The van der Waals surface area contributed by atoms with Gasteiger partial charge in [0.05, 0.1) is 5.54 Å². The summed E-state index contributed by atoms with van der Waals surface area (Å²) in [5, 5.41) is 2.25. The van der Waals surface area contributed by atoms with Gasteiger partial charge in [0.25, 0.3) is 0 Å². The summed E-state index contributed by atoms with van der Waals surface area (Å²) in [5.74, 6) is -0.0418. The molecule has 32 heavy (non-hydrogen) atoms. The molecule has 0 amide bonds. The van der Waals surface area contributed by atoms with Crippen LogP contribution in [0.3, 0.4) is 0 Å². The monoisotopic (exact) mass is 445 g/mol. The SMILES string of the molecule is CCCCCCCC(=O)OC1CC(CC)N(OC(C)c2ccccc2)C(C)(CC)C1(C)C. The Kier molecular flexibility index (Phi) is 10.2. The number of hydrogen-bond acceptors (Lipinski definition) is 4. The summed E-state index contributed by atoms with van der Waals surface area (Å²) in [5.41, 5.74) is 0.693. The van der Waals surface area contributed by atoms with E-state index in [1.165, 1.54) is 24.8 Å². The number of nitrogens with zero attached hydrogens (tertiary/aromatic N) is 1. The Balaban J connectivity index is 2.14. The van der Waals surface area contributed by atoms with Crippen LogP contribution in [0, 0.1) is 5.41 Å². The van der Waals surface area contributed by atoms with Gasteiger partial charge in [0.15, 0.2) is 0 Å². The zero-order chi connectivity index (χ0) is 23.8. The van der Waals surface area contributed by atoms with Gasteiger partial charge in [0, 0.05) is 24.3 Å². The number of piperidine rings is 1. The van der Waals surface area contributed by atoms with E-state index in [1.807, 2.05) is 6.07 Å². The number of unbranched alkanes of at least 4 members (excludes halogenated alkanes) is 4. The van der Waals surface area contributed by atoms with E-state index in [2.05, 4.69) is 77.8 Å². The highest BCUT2D eigenvalue weighted by Gasteiger charge is 2.57. The number of ether oxygens (including phenoxy) is 1. The highest BCUT2D eigenvalue weighted by Crippen LogP contribution is 2.50. The van der Waals surface area contributed by atoms with E-state index >= 15 is 0 Å². The average molecular weight is 446 g/mol. The summed E-state index contributed by atoms with van der Waals surface area (Å²) < 4.78 is 6.16. The van der Waals surface area contributed by atoms with E-state index in [0.29, 0.717) is 6.42 Å². The van der Waals surface area contributed by atoms with Crippen LogP contribution in [-0.4, -0.2) is 28.7 Å². The van der Waals surface area contributed by atoms with Gasteiger partial charge in [-0.15, -0.1) is 0 Å². The minimum Gasteiger partial charge on any atom is -0.462 e. The van der Waals surface area contributed by atoms with Crippen LogP contribution in [0.5, 0.6) is 0 Å². The molecular formula is C28H47NO3. The Bertz CT molecular complexity index is 689. The summed E-state index contributed by atoms with van der Waals surface area (Å²) in [6.07, 6.45) is 8.78.